The highest BCUT2D eigenvalue weighted by molar-refractivity contribution is 5.21. The molecule has 0 amide bonds. The zero-order valence-corrected chi connectivity index (χ0v) is 10.5. The fourth-order valence-electron chi connectivity index (χ4n) is 1.86. The number of benzene rings is 1. The van der Waals surface area contributed by atoms with Crippen molar-refractivity contribution in [2.75, 3.05) is 0 Å². The Balaban J connectivity index is 2.47. The molecular formula is C14H23NO. The summed E-state index contributed by atoms with van der Waals surface area (Å²) in [5.41, 5.74) is 2.25. The van der Waals surface area contributed by atoms with Gasteiger partial charge in [-0.3, -0.25) is 0 Å². The molecule has 1 atom stereocenters. The molecule has 1 aromatic rings. The normalized spacial score (nSPS) is 13.1. The van der Waals surface area contributed by atoms with E-state index in [4.69, 9.17) is 5.11 Å². The van der Waals surface area contributed by atoms with Crippen molar-refractivity contribution in [2.24, 2.45) is 5.92 Å². The number of rotatable bonds is 6. The van der Waals surface area contributed by atoms with Crippen LogP contribution in [0.4, 0.5) is 0 Å². The smallest absolute Gasteiger partial charge is 0.0681 e. The number of nitrogens with one attached hydrogen (secondary N) is 1. The van der Waals surface area contributed by atoms with Gasteiger partial charge in [-0.25, -0.2) is 0 Å². The Bertz CT molecular complexity index is 292. The quantitative estimate of drug-likeness (QED) is 0.774. The molecule has 16 heavy (non-hydrogen) atoms. The van der Waals surface area contributed by atoms with E-state index in [0.29, 0.717) is 12.0 Å². The van der Waals surface area contributed by atoms with E-state index in [9.17, 15) is 0 Å². The summed E-state index contributed by atoms with van der Waals surface area (Å²) >= 11 is 0. The van der Waals surface area contributed by atoms with Crippen molar-refractivity contribution >= 4 is 0 Å². The first kappa shape index (κ1) is 13.2. The third-order valence-corrected chi connectivity index (χ3v) is 3.02. The highest BCUT2D eigenvalue weighted by Gasteiger charge is 2.09. The number of aliphatic hydroxyl groups excluding tert-OH is 1. The Kier molecular flexibility index (Phi) is 5.50. The van der Waals surface area contributed by atoms with E-state index < -0.39 is 0 Å². The summed E-state index contributed by atoms with van der Waals surface area (Å²) in [6, 6.07) is 8.69. The molecular weight excluding hydrogens is 198 g/mol. The van der Waals surface area contributed by atoms with Crippen LogP contribution >= 0.6 is 0 Å². The number of hydrogen-bond donors (Lipinski definition) is 2. The van der Waals surface area contributed by atoms with E-state index >= 15 is 0 Å². The van der Waals surface area contributed by atoms with Gasteiger partial charge in [-0.1, -0.05) is 45.0 Å². The number of hydrogen-bond acceptors (Lipinski definition) is 2. The third kappa shape index (κ3) is 3.95. The fraction of sp³-hybridized carbons (Fsp3) is 0.571. The van der Waals surface area contributed by atoms with E-state index in [-0.39, 0.29) is 6.61 Å². The van der Waals surface area contributed by atoms with Gasteiger partial charge >= 0.3 is 0 Å². The summed E-state index contributed by atoms with van der Waals surface area (Å²) in [6.45, 7) is 7.73. The summed E-state index contributed by atoms with van der Waals surface area (Å²) in [5, 5.41) is 12.5. The van der Waals surface area contributed by atoms with Gasteiger partial charge in [0.15, 0.2) is 0 Å². The SMILES string of the molecule is CCC(NCc1ccc(CO)cc1)C(C)C. The molecule has 0 radical (unpaired) electrons. The predicted molar refractivity (Wildman–Crippen MR) is 68.1 cm³/mol. The van der Waals surface area contributed by atoms with Crippen LogP contribution in [0.15, 0.2) is 24.3 Å². The van der Waals surface area contributed by atoms with Crippen LogP contribution in [0.2, 0.25) is 0 Å². The molecule has 0 aliphatic rings. The summed E-state index contributed by atoms with van der Waals surface area (Å²) in [4.78, 5) is 0. The van der Waals surface area contributed by atoms with Crippen LogP contribution in [0.3, 0.4) is 0 Å². The maximum absolute atomic E-state index is 8.94. The van der Waals surface area contributed by atoms with E-state index in [0.717, 1.165) is 18.5 Å². The molecule has 0 bridgehead atoms. The second-order valence-electron chi connectivity index (χ2n) is 4.61. The van der Waals surface area contributed by atoms with Crippen LogP contribution < -0.4 is 5.32 Å². The van der Waals surface area contributed by atoms with Gasteiger partial charge in [0, 0.05) is 12.6 Å². The second kappa shape index (κ2) is 6.66. The lowest BCUT2D eigenvalue weighted by Gasteiger charge is -2.20. The molecule has 1 aromatic carbocycles. The van der Waals surface area contributed by atoms with E-state index in [1.54, 1.807) is 0 Å². The molecule has 0 spiro atoms. The molecule has 2 nitrogen and oxygen atoms in total. The molecule has 2 heteroatoms. The van der Waals surface area contributed by atoms with Crippen molar-refractivity contribution in [1.29, 1.82) is 0 Å². The van der Waals surface area contributed by atoms with Crippen molar-refractivity contribution in [1.82, 2.24) is 5.32 Å². The van der Waals surface area contributed by atoms with Crippen LogP contribution in [-0.4, -0.2) is 11.1 Å². The maximum atomic E-state index is 8.94. The molecule has 0 saturated carbocycles. The second-order valence-corrected chi connectivity index (χ2v) is 4.61. The fourth-order valence-corrected chi connectivity index (χ4v) is 1.86. The molecule has 0 aliphatic heterocycles. The van der Waals surface area contributed by atoms with Gasteiger partial charge in [0.2, 0.25) is 0 Å². The average Bonchev–Trinajstić information content (AvgIpc) is 2.30. The Morgan fingerprint density at radius 3 is 2.12 bits per heavy atom. The Morgan fingerprint density at radius 2 is 1.69 bits per heavy atom. The molecule has 1 unspecified atom stereocenters. The lowest BCUT2D eigenvalue weighted by Crippen LogP contribution is -2.32. The van der Waals surface area contributed by atoms with Crippen LogP contribution in [-0.2, 0) is 13.2 Å². The Labute approximate surface area is 98.7 Å². The largest absolute Gasteiger partial charge is 0.392 e. The minimum Gasteiger partial charge on any atom is -0.392 e. The first-order valence-electron chi connectivity index (χ1n) is 6.09. The minimum atomic E-state index is 0.122. The lowest BCUT2D eigenvalue weighted by atomic mass is 10.0. The zero-order valence-electron chi connectivity index (χ0n) is 10.5. The van der Waals surface area contributed by atoms with Gasteiger partial charge in [0.05, 0.1) is 6.61 Å². The summed E-state index contributed by atoms with van der Waals surface area (Å²) < 4.78 is 0. The third-order valence-electron chi connectivity index (χ3n) is 3.02. The summed E-state index contributed by atoms with van der Waals surface area (Å²) in [5.74, 6) is 0.668. The monoisotopic (exact) mass is 221 g/mol. The Hall–Kier alpha value is -0.860. The standard InChI is InChI=1S/C14H23NO/c1-4-14(11(2)3)15-9-12-5-7-13(10-16)8-6-12/h5-8,11,14-16H,4,9-10H2,1-3H3. The first-order valence-corrected chi connectivity index (χ1v) is 6.09. The molecule has 1 rings (SSSR count). The van der Waals surface area contributed by atoms with Crippen LogP contribution in [0.1, 0.15) is 38.3 Å². The zero-order chi connectivity index (χ0) is 12.0. The molecule has 0 aliphatic carbocycles. The van der Waals surface area contributed by atoms with Crippen molar-refractivity contribution in [3.63, 3.8) is 0 Å². The molecule has 0 saturated heterocycles. The molecule has 0 heterocycles. The van der Waals surface area contributed by atoms with Crippen molar-refractivity contribution < 1.29 is 5.11 Å². The van der Waals surface area contributed by atoms with Crippen molar-refractivity contribution in [3.8, 4) is 0 Å². The first-order chi connectivity index (χ1) is 7.67. The maximum Gasteiger partial charge on any atom is 0.0681 e. The van der Waals surface area contributed by atoms with E-state index in [2.05, 4.69) is 38.2 Å². The van der Waals surface area contributed by atoms with Gasteiger partial charge in [-0.2, -0.15) is 0 Å². The highest BCUT2D eigenvalue weighted by atomic mass is 16.3. The van der Waals surface area contributed by atoms with Crippen LogP contribution in [0.25, 0.3) is 0 Å². The highest BCUT2D eigenvalue weighted by Crippen LogP contribution is 2.08. The van der Waals surface area contributed by atoms with Crippen LogP contribution in [0, 0.1) is 5.92 Å². The summed E-state index contributed by atoms with van der Waals surface area (Å²) in [7, 11) is 0. The van der Waals surface area contributed by atoms with E-state index in [1.807, 2.05) is 12.1 Å². The van der Waals surface area contributed by atoms with Gasteiger partial charge in [-0.05, 0) is 23.5 Å². The van der Waals surface area contributed by atoms with Crippen molar-refractivity contribution in [2.45, 2.75) is 46.4 Å². The average molecular weight is 221 g/mol. The van der Waals surface area contributed by atoms with Gasteiger partial charge in [-0.15, -0.1) is 0 Å². The number of aliphatic hydroxyl groups is 1. The minimum absolute atomic E-state index is 0.122. The van der Waals surface area contributed by atoms with Gasteiger partial charge < -0.3 is 10.4 Å². The topological polar surface area (TPSA) is 32.3 Å². The van der Waals surface area contributed by atoms with Gasteiger partial charge in [0.25, 0.3) is 0 Å². The van der Waals surface area contributed by atoms with Crippen LogP contribution in [0.5, 0.6) is 0 Å². The van der Waals surface area contributed by atoms with E-state index in [1.165, 1.54) is 5.56 Å². The lowest BCUT2D eigenvalue weighted by molar-refractivity contribution is 0.282. The summed E-state index contributed by atoms with van der Waals surface area (Å²) in [6.07, 6.45) is 1.16. The predicted octanol–water partition coefficient (Wildman–Crippen LogP) is 2.70. The Morgan fingerprint density at radius 1 is 1.12 bits per heavy atom. The molecule has 0 aromatic heterocycles. The van der Waals surface area contributed by atoms with Crippen molar-refractivity contribution in [3.05, 3.63) is 35.4 Å². The van der Waals surface area contributed by atoms with Gasteiger partial charge in [0.1, 0.15) is 0 Å². The molecule has 0 fully saturated rings. The molecule has 2 N–H and O–H groups in total. The molecule has 90 valence electrons.